The first kappa shape index (κ1) is 14.3. The molecule has 0 radical (unpaired) electrons. The fourth-order valence-corrected chi connectivity index (χ4v) is 3.26. The zero-order valence-electron chi connectivity index (χ0n) is 13.3. The number of nitrogens with zero attached hydrogens (tertiary/aromatic N) is 5. The third-order valence-electron chi connectivity index (χ3n) is 4.64. The molecule has 2 aromatic heterocycles. The predicted molar refractivity (Wildman–Crippen MR) is 87.7 cm³/mol. The maximum atomic E-state index is 5.98. The van der Waals surface area contributed by atoms with E-state index in [-0.39, 0.29) is 24.2 Å². The van der Waals surface area contributed by atoms with Crippen molar-refractivity contribution in [1.82, 2.24) is 19.5 Å². The zero-order chi connectivity index (χ0) is 16.1. The first-order chi connectivity index (χ1) is 11.1. The van der Waals surface area contributed by atoms with E-state index in [2.05, 4.69) is 25.8 Å². The smallest absolute Gasteiger partial charge is 0.224 e. The lowest BCUT2D eigenvalue weighted by molar-refractivity contribution is 0.00472. The highest BCUT2D eigenvalue weighted by Gasteiger charge is 2.35. The SMILES string of the molecule is C#C[C@H]1C[C@@H](C)O[C@H]1n1cnc2c(N(C)C3CC3)nc(N)nc21. The Hall–Kier alpha value is -2.33. The molecule has 7 heteroatoms. The summed E-state index contributed by atoms with van der Waals surface area (Å²) in [6.45, 7) is 2.03. The summed E-state index contributed by atoms with van der Waals surface area (Å²) in [6.07, 6.45) is 10.4. The Bertz CT molecular complexity index is 790. The van der Waals surface area contributed by atoms with Crippen molar-refractivity contribution in [3.05, 3.63) is 6.33 Å². The van der Waals surface area contributed by atoms with Crippen LogP contribution in [0.25, 0.3) is 11.2 Å². The number of hydrogen-bond acceptors (Lipinski definition) is 6. The lowest BCUT2D eigenvalue weighted by Gasteiger charge is -2.19. The number of nitrogens with two attached hydrogens (primary N) is 1. The van der Waals surface area contributed by atoms with Crippen molar-refractivity contribution in [3.8, 4) is 12.3 Å². The Labute approximate surface area is 134 Å². The minimum Gasteiger partial charge on any atom is -0.368 e. The van der Waals surface area contributed by atoms with E-state index in [1.807, 2.05) is 18.5 Å². The van der Waals surface area contributed by atoms with Crippen molar-refractivity contribution in [2.45, 2.75) is 44.6 Å². The van der Waals surface area contributed by atoms with Gasteiger partial charge in [-0.2, -0.15) is 9.97 Å². The molecule has 23 heavy (non-hydrogen) atoms. The number of aromatic nitrogens is 4. The van der Waals surface area contributed by atoms with Crippen LogP contribution in [0, 0.1) is 18.3 Å². The van der Waals surface area contributed by atoms with Gasteiger partial charge < -0.3 is 15.4 Å². The summed E-state index contributed by atoms with van der Waals surface area (Å²) in [5, 5.41) is 0. The van der Waals surface area contributed by atoms with Crippen LogP contribution >= 0.6 is 0 Å². The number of anilines is 2. The fourth-order valence-electron chi connectivity index (χ4n) is 3.26. The van der Waals surface area contributed by atoms with E-state index in [1.54, 1.807) is 6.33 Å². The van der Waals surface area contributed by atoms with Gasteiger partial charge in [-0.1, -0.05) is 5.92 Å². The van der Waals surface area contributed by atoms with Crippen molar-refractivity contribution in [2.24, 2.45) is 5.92 Å². The molecule has 1 saturated carbocycles. The molecule has 0 aromatic carbocycles. The van der Waals surface area contributed by atoms with Crippen molar-refractivity contribution in [1.29, 1.82) is 0 Å². The quantitative estimate of drug-likeness (QED) is 0.866. The van der Waals surface area contributed by atoms with Gasteiger partial charge in [-0.15, -0.1) is 6.42 Å². The van der Waals surface area contributed by atoms with Gasteiger partial charge in [0.05, 0.1) is 18.3 Å². The summed E-state index contributed by atoms with van der Waals surface area (Å²) in [6, 6.07) is 0.513. The largest absolute Gasteiger partial charge is 0.368 e. The second-order valence-corrected chi connectivity index (χ2v) is 6.42. The summed E-state index contributed by atoms with van der Waals surface area (Å²) in [4.78, 5) is 15.4. The molecule has 1 aliphatic carbocycles. The van der Waals surface area contributed by atoms with Gasteiger partial charge in [0.25, 0.3) is 0 Å². The van der Waals surface area contributed by atoms with E-state index in [9.17, 15) is 0 Å². The van der Waals surface area contributed by atoms with Crippen molar-refractivity contribution in [2.75, 3.05) is 17.7 Å². The summed E-state index contributed by atoms with van der Waals surface area (Å²) in [5.41, 5.74) is 7.36. The monoisotopic (exact) mass is 312 g/mol. The van der Waals surface area contributed by atoms with Gasteiger partial charge in [0.1, 0.15) is 0 Å². The molecule has 4 rings (SSSR count). The molecule has 3 atom stereocenters. The average Bonchev–Trinajstić information content (AvgIpc) is 3.19. The first-order valence-corrected chi connectivity index (χ1v) is 7.93. The molecule has 120 valence electrons. The second kappa shape index (κ2) is 5.10. The van der Waals surface area contributed by atoms with Gasteiger partial charge in [-0.3, -0.25) is 4.57 Å². The second-order valence-electron chi connectivity index (χ2n) is 6.42. The zero-order valence-corrected chi connectivity index (χ0v) is 13.3. The van der Waals surface area contributed by atoms with Gasteiger partial charge in [0.2, 0.25) is 5.95 Å². The lowest BCUT2D eigenvalue weighted by atomic mass is 10.1. The van der Waals surface area contributed by atoms with Crippen LogP contribution in [0.1, 0.15) is 32.4 Å². The Morgan fingerprint density at radius 3 is 2.91 bits per heavy atom. The molecular formula is C16H20N6O. The first-order valence-electron chi connectivity index (χ1n) is 7.93. The van der Waals surface area contributed by atoms with E-state index in [0.29, 0.717) is 11.7 Å². The van der Waals surface area contributed by atoms with E-state index >= 15 is 0 Å². The molecule has 2 N–H and O–H groups in total. The number of rotatable bonds is 3. The van der Waals surface area contributed by atoms with Gasteiger partial charge in [-0.05, 0) is 26.2 Å². The third kappa shape index (κ3) is 2.30. The molecule has 1 aliphatic heterocycles. The number of terminal acetylenes is 1. The Morgan fingerprint density at radius 1 is 1.43 bits per heavy atom. The molecule has 2 fully saturated rings. The van der Waals surface area contributed by atoms with Crippen LogP contribution in [0.15, 0.2) is 6.33 Å². The van der Waals surface area contributed by atoms with Crippen molar-refractivity contribution >= 4 is 22.9 Å². The number of fused-ring (bicyclic) bond motifs is 1. The number of nitrogen functional groups attached to an aromatic ring is 1. The highest BCUT2D eigenvalue weighted by Crippen LogP contribution is 2.37. The van der Waals surface area contributed by atoms with E-state index in [1.165, 1.54) is 12.8 Å². The van der Waals surface area contributed by atoms with Crippen molar-refractivity contribution < 1.29 is 4.74 Å². The Kier molecular flexibility index (Phi) is 3.16. The van der Waals surface area contributed by atoms with E-state index < -0.39 is 0 Å². The van der Waals surface area contributed by atoms with E-state index in [4.69, 9.17) is 16.9 Å². The fraction of sp³-hybridized carbons (Fsp3) is 0.562. The summed E-state index contributed by atoms with van der Waals surface area (Å²) in [5.74, 6) is 3.84. The van der Waals surface area contributed by atoms with Gasteiger partial charge >= 0.3 is 0 Å². The predicted octanol–water partition coefficient (Wildman–Crippen LogP) is 1.56. The summed E-state index contributed by atoms with van der Waals surface area (Å²) < 4.78 is 7.88. The van der Waals surface area contributed by atoms with Crippen LogP contribution in [-0.4, -0.2) is 38.7 Å². The van der Waals surface area contributed by atoms with Crippen molar-refractivity contribution in [3.63, 3.8) is 0 Å². The standard InChI is InChI=1S/C16H20N6O/c1-4-10-7-9(2)23-15(10)22-8-18-12-13(21(3)11-5-6-11)19-16(17)20-14(12)22/h1,8-11,15H,5-7H2,2-3H3,(H2,17,19,20)/t9-,10+,15-/m1/s1. The highest BCUT2D eigenvalue weighted by molar-refractivity contribution is 5.85. The molecule has 1 saturated heterocycles. The van der Waals surface area contributed by atoms with Crippen LogP contribution in [0.3, 0.4) is 0 Å². The molecule has 2 aromatic rings. The summed E-state index contributed by atoms with van der Waals surface area (Å²) in [7, 11) is 2.02. The number of hydrogen-bond donors (Lipinski definition) is 1. The van der Waals surface area contributed by atoms with Gasteiger partial charge in [0, 0.05) is 13.1 Å². The molecule has 0 spiro atoms. The lowest BCUT2D eigenvalue weighted by Crippen LogP contribution is -2.22. The molecule has 3 heterocycles. The maximum Gasteiger partial charge on any atom is 0.224 e. The minimum atomic E-state index is -0.256. The van der Waals surface area contributed by atoms with Crippen LogP contribution < -0.4 is 10.6 Å². The molecule has 7 nitrogen and oxygen atoms in total. The van der Waals surface area contributed by atoms with Crippen LogP contribution in [0.5, 0.6) is 0 Å². The molecule has 0 amide bonds. The molecular weight excluding hydrogens is 292 g/mol. The van der Waals surface area contributed by atoms with E-state index in [0.717, 1.165) is 17.8 Å². The summed E-state index contributed by atoms with van der Waals surface area (Å²) >= 11 is 0. The third-order valence-corrected chi connectivity index (χ3v) is 4.64. The molecule has 0 unspecified atom stereocenters. The highest BCUT2D eigenvalue weighted by atomic mass is 16.5. The molecule has 0 bridgehead atoms. The van der Waals surface area contributed by atoms with Crippen LogP contribution in [-0.2, 0) is 4.74 Å². The Morgan fingerprint density at radius 2 is 2.22 bits per heavy atom. The number of imidazole rings is 1. The topological polar surface area (TPSA) is 82.1 Å². The minimum absolute atomic E-state index is 0.00296. The normalized spacial score (nSPS) is 27.3. The maximum absolute atomic E-state index is 5.98. The van der Waals surface area contributed by atoms with Crippen LogP contribution in [0.2, 0.25) is 0 Å². The average molecular weight is 312 g/mol. The van der Waals surface area contributed by atoms with Crippen LogP contribution in [0.4, 0.5) is 11.8 Å². The Balaban J connectivity index is 1.82. The molecule has 2 aliphatic rings. The van der Waals surface area contributed by atoms with Gasteiger partial charge in [0.15, 0.2) is 23.2 Å². The number of ether oxygens (including phenoxy) is 1. The van der Waals surface area contributed by atoms with Gasteiger partial charge in [-0.25, -0.2) is 4.98 Å².